The van der Waals surface area contributed by atoms with Crippen LogP contribution in [0.2, 0.25) is 0 Å². The van der Waals surface area contributed by atoms with Gasteiger partial charge in [-0.05, 0) is 12.1 Å². The topological polar surface area (TPSA) is 260 Å². The average Bonchev–Trinajstić information content (AvgIpc) is 3.00. The molecule has 2 aromatic carbocycles. The second kappa shape index (κ2) is 12.8. The van der Waals surface area contributed by atoms with E-state index in [2.05, 4.69) is 0 Å². The molecule has 44 heavy (non-hydrogen) atoms. The number of hydrogen-bond donors (Lipinski definition) is 10. The first-order chi connectivity index (χ1) is 20.9. The van der Waals surface area contributed by atoms with Crippen LogP contribution in [0.1, 0.15) is 0 Å². The van der Waals surface area contributed by atoms with Crippen molar-refractivity contribution < 1.29 is 79.2 Å². The molecule has 1 aromatic heterocycles. The molecule has 10 N–H and O–H groups in total. The quantitative estimate of drug-likeness (QED) is 0.101. The molecule has 0 aliphatic carbocycles. The summed E-state index contributed by atoms with van der Waals surface area (Å²) in [5.74, 6) is -1.83. The predicted molar refractivity (Wildman–Crippen MR) is 145 cm³/mol. The van der Waals surface area contributed by atoms with Gasteiger partial charge in [0.1, 0.15) is 65.7 Å². The van der Waals surface area contributed by atoms with Crippen LogP contribution in [0.15, 0.2) is 40.8 Å². The Morgan fingerprint density at radius 2 is 1.32 bits per heavy atom. The van der Waals surface area contributed by atoms with E-state index in [1.165, 1.54) is 25.3 Å². The first-order valence-electron chi connectivity index (χ1n) is 13.4. The lowest BCUT2D eigenvalue weighted by Gasteiger charge is -2.40. The lowest BCUT2D eigenvalue weighted by molar-refractivity contribution is -0.278. The maximum Gasteiger partial charge on any atom is 0.402 e. The smallest absolute Gasteiger partial charge is 0.402 e. The Hall–Kier alpha value is -3.55. The normalized spacial score (nSPS) is 32.5. The first kappa shape index (κ1) is 31.9. The van der Waals surface area contributed by atoms with Crippen molar-refractivity contribution in [2.45, 2.75) is 61.4 Å². The molecule has 10 unspecified atom stereocenters. The van der Waals surface area contributed by atoms with Crippen LogP contribution in [0, 0.1) is 0 Å². The van der Waals surface area contributed by atoms with Gasteiger partial charge in [-0.1, -0.05) is 0 Å². The minimum atomic E-state index is -1.81. The highest BCUT2D eigenvalue weighted by molar-refractivity contribution is 5.89. The van der Waals surface area contributed by atoms with E-state index in [-0.39, 0.29) is 46.1 Å². The van der Waals surface area contributed by atoms with E-state index in [0.29, 0.717) is 0 Å². The van der Waals surface area contributed by atoms with E-state index in [4.69, 9.17) is 28.1 Å². The molecular formula is C28H33O16+. The molecular weight excluding hydrogens is 592 g/mol. The highest BCUT2D eigenvalue weighted by Crippen LogP contribution is 2.43. The Morgan fingerprint density at radius 1 is 0.705 bits per heavy atom. The highest BCUT2D eigenvalue weighted by atomic mass is 16.7. The maximum atomic E-state index is 10.6. The van der Waals surface area contributed by atoms with Gasteiger partial charge in [0.2, 0.25) is 18.3 Å². The second-order valence-electron chi connectivity index (χ2n) is 10.4. The fourth-order valence-electron chi connectivity index (χ4n) is 4.95. The zero-order valence-corrected chi connectivity index (χ0v) is 23.1. The largest absolute Gasteiger partial charge is 0.507 e. The number of methoxy groups -OCH3 is 1. The van der Waals surface area contributed by atoms with Crippen LogP contribution in [0.25, 0.3) is 22.3 Å². The van der Waals surface area contributed by atoms with E-state index >= 15 is 0 Å². The number of aromatic hydroxyl groups is 3. The van der Waals surface area contributed by atoms with Crippen LogP contribution < -0.4 is 9.47 Å². The standard InChI is InChI=1S/C28H32O16/c1-39-9-19-21(34)23(36)25(38)27(44-19)41-16-6-11(30)5-15-12(16)7-17(26(40-15)10-2-3-13(31)14(32)4-10)42-28-24(37)22(35)20(33)18(8-29)43-28/h2-7,18-25,27-29,33-38H,8-9H2,1H3,(H2-,30,31,32)/p+1. The lowest BCUT2D eigenvalue weighted by Crippen LogP contribution is -2.60. The minimum Gasteiger partial charge on any atom is -0.507 e. The zero-order valence-electron chi connectivity index (χ0n) is 23.1. The molecule has 2 saturated heterocycles. The maximum absolute atomic E-state index is 10.6. The summed E-state index contributed by atoms with van der Waals surface area (Å²) < 4.78 is 33.8. The summed E-state index contributed by atoms with van der Waals surface area (Å²) in [6.07, 6.45) is -15.8. The van der Waals surface area contributed by atoms with Gasteiger partial charge in [0.05, 0.1) is 24.8 Å². The number of fused-ring (bicyclic) bond motifs is 1. The van der Waals surface area contributed by atoms with Crippen LogP contribution in [0.4, 0.5) is 0 Å². The number of phenolic OH excluding ortho intramolecular Hbond substituents is 3. The minimum absolute atomic E-state index is 0.0389. The molecule has 0 spiro atoms. The Labute approximate surface area is 248 Å². The molecule has 2 aliphatic rings. The molecule has 3 aromatic rings. The van der Waals surface area contributed by atoms with Gasteiger partial charge < -0.3 is 74.7 Å². The van der Waals surface area contributed by atoms with Crippen molar-refractivity contribution in [2.24, 2.45) is 0 Å². The third kappa shape index (κ3) is 6.04. The molecule has 0 saturated carbocycles. The summed E-state index contributed by atoms with van der Waals surface area (Å²) in [5.41, 5.74) is 0.0983. The Kier molecular flexibility index (Phi) is 9.28. The van der Waals surface area contributed by atoms with Gasteiger partial charge in [-0.3, -0.25) is 0 Å². The number of aliphatic hydroxyl groups is 7. The molecule has 2 fully saturated rings. The summed E-state index contributed by atoms with van der Waals surface area (Å²) in [6, 6.07) is 7.30. The van der Waals surface area contributed by atoms with Crippen LogP contribution in [-0.4, -0.2) is 133 Å². The zero-order chi connectivity index (χ0) is 31.9. The molecule has 0 radical (unpaired) electrons. The van der Waals surface area contributed by atoms with E-state index in [1.807, 2.05) is 0 Å². The van der Waals surface area contributed by atoms with Crippen LogP contribution in [0.3, 0.4) is 0 Å². The van der Waals surface area contributed by atoms with Crippen LogP contribution >= 0.6 is 0 Å². The molecule has 5 rings (SSSR count). The predicted octanol–water partition coefficient (Wildman–Crippen LogP) is -1.49. The van der Waals surface area contributed by atoms with Gasteiger partial charge in [-0.25, -0.2) is 4.42 Å². The lowest BCUT2D eigenvalue weighted by atomic mass is 9.99. The van der Waals surface area contributed by atoms with Crippen molar-refractivity contribution in [1.29, 1.82) is 0 Å². The monoisotopic (exact) mass is 625 g/mol. The Bertz CT molecular complexity index is 1470. The van der Waals surface area contributed by atoms with E-state index in [9.17, 15) is 51.1 Å². The Balaban J connectivity index is 1.60. The van der Waals surface area contributed by atoms with Crippen molar-refractivity contribution >= 4 is 11.0 Å². The van der Waals surface area contributed by atoms with E-state index in [0.717, 1.165) is 18.2 Å². The summed E-state index contributed by atoms with van der Waals surface area (Å²) in [6.45, 7) is -0.877. The average molecular weight is 626 g/mol. The van der Waals surface area contributed by atoms with E-state index in [1.54, 1.807) is 0 Å². The van der Waals surface area contributed by atoms with Gasteiger partial charge in [-0.2, -0.15) is 0 Å². The molecule has 16 nitrogen and oxygen atoms in total. The van der Waals surface area contributed by atoms with E-state index < -0.39 is 79.5 Å². The van der Waals surface area contributed by atoms with Crippen LogP contribution in [0.5, 0.6) is 28.7 Å². The molecule has 2 aliphatic heterocycles. The van der Waals surface area contributed by atoms with Crippen molar-refractivity contribution in [2.75, 3.05) is 20.3 Å². The summed E-state index contributed by atoms with van der Waals surface area (Å²) in [7, 11) is 1.34. The van der Waals surface area contributed by atoms with Gasteiger partial charge in [0, 0.05) is 25.3 Å². The molecule has 0 bridgehead atoms. The molecule has 10 atom stereocenters. The number of rotatable bonds is 8. The number of ether oxygens (including phenoxy) is 5. The first-order valence-corrected chi connectivity index (χ1v) is 13.4. The second-order valence-corrected chi connectivity index (χ2v) is 10.4. The van der Waals surface area contributed by atoms with Crippen molar-refractivity contribution in [3.63, 3.8) is 0 Å². The SMILES string of the molecule is COCC1OC(Oc2cc(O)cc3[o+]c(-c4ccc(O)c(O)c4)c(OC4OC(CO)C(O)C(O)C4O)cc23)C(O)C(O)C1O. The Morgan fingerprint density at radius 3 is 1.93 bits per heavy atom. The number of hydrogen-bond acceptors (Lipinski definition) is 15. The third-order valence-electron chi connectivity index (χ3n) is 7.37. The van der Waals surface area contributed by atoms with Gasteiger partial charge in [-0.15, -0.1) is 0 Å². The third-order valence-corrected chi connectivity index (χ3v) is 7.37. The fraction of sp³-hybridized carbons (Fsp3) is 0.464. The van der Waals surface area contributed by atoms with Crippen molar-refractivity contribution in [1.82, 2.24) is 0 Å². The highest BCUT2D eigenvalue weighted by Gasteiger charge is 2.47. The number of phenols is 3. The van der Waals surface area contributed by atoms with Gasteiger partial charge >= 0.3 is 11.3 Å². The molecule has 3 heterocycles. The summed E-state index contributed by atoms with van der Waals surface area (Å²) in [5, 5.41) is 102. The molecule has 240 valence electrons. The molecule has 0 amide bonds. The summed E-state index contributed by atoms with van der Waals surface area (Å²) >= 11 is 0. The number of aliphatic hydroxyl groups excluding tert-OH is 7. The van der Waals surface area contributed by atoms with Crippen LogP contribution in [-0.2, 0) is 14.2 Å². The number of benzene rings is 2. The molecule has 16 heteroatoms. The fourth-order valence-corrected chi connectivity index (χ4v) is 4.95. The van der Waals surface area contributed by atoms with Crippen molar-refractivity contribution in [3.8, 4) is 40.1 Å². The van der Waals surface area contributed by atoms with Gasteiger partial charge in [0.15, 0.2) is 11.5 Å². The van der Waals surface area contributed by atoms with Crippen molar-refractivity contribution in [3.05, 3.63) is 36.4 Å². The summed E-state index contributed by atoms with van der Waals surface area (Å²) in [4.78, 5) is 0. The van der Waals surface area contributed by atoms with Gasteiger partial charge in [0.25, 0.3) is 0 Å².